The number of carbonyl (C=O) groups excluding carboxylic acids is 4. The summed E-state index contributed by atoms with van der Waals surface area (Å²) in [6.07, 6.45) is 6.75. The highest BCUT2D eigenvalue weighted by Crippen LogP contribution is 2.35. The van der Waals surface area contributed by atoms with Crippen LogP contribution in [0.5, 0.6) is 23.0 Å². The molecule has 2 aromatic carbocycles. The Labute approximate surface area is 515 Å². The normalized spacial score (nSPS) is 14.7. The fraction of sp³-hybridized carbons (Fsp3) is 0.712. The van der Waals surface area contributed by atoms with E-state index in [0.29, 0.717) is 99.8 Å². The molecule has 494 valence electrons. The van der Waals surface area contributed by atoms with Crippen LogP contribution in [0.25, 0.3) is 0 Å². The highest BCUT2D eigenvalue weighted by atomic mass is 17.1. The molecule has 0 fully saturated rings. The van der Waals surface area contributed by atoms with Gasteiger partial charge < -0.3 is 66.7 Å². The number of methoxy groups -OCH3 is 4. The lowest BCUT2D eigenvalue weighted by Crippen LogP contribution is -2.41. The van der Waals surface area contributed by atoms with E-state index in [1.807, 2.05) is 64.1 Å². The van der Waals surface area contributed by atoms with Gasteiger partial charge in [-0.3, -0.25) is 24.4 Å². The number of hydrogen-bond acceptors (Lipinski definition) is 17. The number of aliphatic hydroxyl groups is 2. The molecule has 2 rings (SSSR count). The van der Waals surface area contributed by atoms with Crippen LogP contribution in [0.2, 0.25) is 0 Å². The summed E-state index contributed by atoms with van der Waals surface area (Å²) in [5.74, 6) is 1.59. The first-order chi connectivity index (χ1) is 40.2. The number of rotatable bonds is 43. The van der Waals surface area contributed by atoms with Gasteiger partial charge in [0.25, 0.3) is 0 Å². The minimum absolute atomic E-state index is 0.0437. The van der Waals surface area contributed by atoms with Gasteiger partial charge in [-0.25, -0.2) is 9.68 Å². The third-order valence-corrected chi connectivity index (χ3v) is 16.2. The second kappa shape index (κ2) is 42.6. The average Bonchev–Trinajstić information content (AvgIpc) is 3.63. The molecule has 0 aliphatic rings. The van der Waals surface area contributed by atoms with Gasteiger partial charge >= 0.3 is 5.97 Å². The van der Waals surface area contributed by atoms with Crippen molar-refractivity contribution in [3.63, 3.8) is 0 Å². The molecule has 86 heavy (non-hydrogen) atoms. The predicted molar refractivity (Wildman–Crippen MR) is 337 cm³/mol. The molecule has 0 heterocycles. The summed E-state index contributed by atoms with van der Waals surface area (Å²) in [7, 11) is 6.59. The zero-order valence-corrected chi connectivity index (χ0v) is 55.1. The molecule has 0 spiro atoms. The number of nitrogens with two attached hydrogens (primary N) is 4. The van der Waals surface area contributed by atoms with Crippen LogP contribution in [0.1, 0.15) is 158 Å². The van der Waals surface area contributed by atoms with Crippen LogP contribution >= 0.6 is 0 Å². The number of ketones is 2. The van der Waals surface area contributed by atoms with E-state index in [0.717, 1.165) is 42.9 Å². The third-order valence-electron chi connectivity index (χ3n) is 16.2. The van der Waals surface area contributed by atoms with Gasteiger partial charge in [-0.2, -0.15) is 0 Å². The van der Waals surface area contributed by atoms with Crippen molar-refractivity contribution < 1.29 is 77.9 Å². The summed E-state index contributed by atoms with van der Waals surface area (Å²) in [4.78, 5) is 62.6. The van der Waals surface area contributed by atoms with Crippen molar-refractivity contribution >= 4 is 29.4 Å². The number of carboxylic acids is 1. The molecule has 0 aliphatic heterocycles. The molecule has 2 aromatic rings. The first-order valence-electron chi connectivity index (χ1n) is 30.5. The standard InChI is InChI=1S/2C31H54N2O6.C4H6O4/c2*1-20(2)23(16-22-10-11-28(38-8)29(17-22)39-15-9-14-37-7)18-25(32)27(35)19-24(21(3)4)26(34)12-13-31(5,6)30(33)36;5-4(6)2-1-3-8-7/h2*10-11,17,20-21,23-25,27,35H,9,12-16,18-19,32H2,1-8H3,(H2,33,36);1-2,7H,3H2,(H,5,6)/b;;2-1+/t2*23-,24-,25-,27-;/m00./s1. The maximum atomic E-state index is 13.0. The van der Waals surface area contributed by atoms with Crippen LogP contribution < -0.4 is 41.9 Å². The van der Waals surface area contributed by atoms with Crippen LogP contribution in [0, 0.1) is 58.2 Å². The first-order valence-corrected chi connectivity index (χ1v) is 30.5. The number of ether oxygens (including phenoxy) is 6. The van der Waals surface area contributed by atoms with E-state index >= 15 is 0 Å². The van der Waals surface area contributed by atoms with E-state index in [1.165, 1.54) is 6.08 Å². The van der Waals surface area contributed by atoms with Crippen molar-refractivity contribution in [1.82, 2.24) is 0 Å². The molecule has 0 radical (unpaired) electrons. The first kappa shape index (κ1) is 80.8. The van der Waals surface area contributed by atoms with Gasteiger partial charge in [-0.1, -0.05) is 95.2 Å². The Hall–Kier alpha value is -5.19. The fourth-order valence-corrected chi connectivity index (χ4v) is 9.60. The van der Waals surface area contributed by atoms with Gasteiger partial charge in [0.2, 0.25) is 11.8 Å². The van der Waals surface area contributed by atoms with E-state index in [1.54, 1.807) is 56.1 Å². The summed E-state index contributed by atoms with van der Waals surface area (Å²) in [5.41, 5.74) is 24.7. The summed E-state index contributed by atoms with van der Waals surface area (Å²) in [6.45, 7) is 25.8. The largest absolute Gasteiger partial charge is 0.493 e. The molecule has 20 heteroatoms. The number of hydrogen-bond donors (Lipinski definition) is 8. The number of amides is 2. The maximum absolute atomic E-state index is 13.0. The van der Waals surface area contributed by atoms with Gasteiger partial charge in [0.05, 0.1) is 39.6 Å². The molecule has 0 aromatic heterocycles. The predicted octanol–water partition coefficient (Wildman–Crippen LogP) is 9.17. The molecule has 2 amide bonds. The van der Waals surface area contributed by atoms with E-state index in [9.17, 15) is 34.2 Å². The highest BCUT2D eigenvalue weighted by Gasteiger charge is 2.34. The maximum Gasteiger partial charge on any atom is 0.328 e. The molecular formula is C66H114N4O16. The molecule has 0 aliphatic carbocycles. The van der Waals surface area contributed by atoms with E-state index in [2.05, 4.69) is 32.6 Å². The molecule has 20 nitrogen and oxygen atoms in total. The molecule has 0 bridgehead atoms. The Bertz CT molecular complexity index is 2140. The Morgan fingerprint density at radius 1 is 0.547 bits per heavy atom. The second-order valence-electron chi connectivity index (χ2n) is 25.3. The number of carboxylic acid groups (broad SMARTS) is 1. The summed E-state index contributed by atoms with van der Waals surface area (Å²) in [5, 5.41) is 37.7. The van der Waals surface area contributed by atoms with E-state index in [-0.39, 0.29) is 66.5 Å². The molecule has 0 saturated carbocycles. The minimum atomic E-state index is -1.05. The lowest BCUT2D eigenvalue weighted by atomic mass is 9.78. The van der Waals surface area contributed by atoms with Crippen LogP contribution in [0.4, 0.5) is 0 Å². The van der Waals surface area contributed by atoms with Crippen LogP contribution in [0.15, 0.2) is 48.6 Å². The highest BCUT2D eigenvalue weighted by molar-refractivity contribution is 5.85. The summed E-state index contributed by atoms with van der Waals surface area (Å²) < 4.78 is 33.0. The topological polar surface area (TPSA) is 335 Å². The monoisotopic (exact) mass is 1220 g/mol. The number of aliphatic carboxylic acids is 1. The van der Waals surface area contributed by atoms with E-state index in [4.69, 9.17) is 61.7 Å². The van der Waals surface area contributed by atoms with Crippen molar-refractivity contribution in [1.29, 1.82) is 0 Å². The van der Waals surface area contributed by atoms with Crippen LogP contribution in [-0.4, -0.2) is 136 Å². The number of aliphatic hydroxyl groups excluding tert-OH is 2. The van der Waals surface area contributed by atoms with Gasteiger partial charge in [-0.15, -0.1) is 0 Å². The Kier molecular flexibility index (Phi) is 40.1. The number of benzene rings is 2. The lowest BCUT2D eigenvalue weighted by Gasteiger charge is -2.30. The van der Waals surface area contributed by atoms with Crippen LogP contribution in [0.3, 0.4) is 0 Å². The van der Waals surface area contributed by atoms with Gasteiger partial charge in [-0.05, 0) is 128 Å². The Balaban J connectivity index is 0.00000149. The molecule has 0 unspecified atom stereocenters. The van der Waals surface area contributed by atoms with Crippen molar-refractivity contribution in [2.45, 2.75) is 184 Å². The fourth-order valence-electron chi connectivity index (χ4n) is 9.60. The zero-order chi connectivity index (χ0) is 65.9. The smallest absolute Gasteiger partial charge is 0.328 e. The molecule has 8 atom stereocenters. The third kappa shape index (κ3) is 32.2. The zero-order valence-electron chi connectivity index (χ0n) is 55.1. The lowest BCUT2D eigenvalue weighted by molar-refractivity contribution is -0.231. The van der Waals surface area contributed by atoms with Crippen molar-refractivity contribution in [3.05, 3.63) is 59.7 Å². The summed E-state index contributed by atoms with van der Waals surface area (Å²) in [6, 6.07) is 11.0. The molecular weight excluding hydrogens is 1100 g/mol. The van der Waals surface area contributed by atoms with Crippen LogP contribution in [-0.2, 0) is 51.2 Å². The molecule has 12 N–H and O–H groups in total. The minimum Gasteiger partial charge on any atom is -0.493 e. The van der Waals surface area contributed by atoms with E-state index < -0.39 is 52.9 Å². The van der Waals surface area contributed by atoms with Crippen molar-refractivity contribution in [2.75, 3.05) is 61.5 Å². The number of carbonyl (C=O) groups is 5. The van der Waals surface area contributed by atoms with Crippen molar-refractivity contribution in [3.8, 4) is 23.0 Å². The number of primary amides is 2. The average molecular weight is 1220 g/mol. The molecule has 0 saturated heterocycles. The second-order valence-corrected chi connectivity index (χ2v) is 25.3. The Morgan fingerprint density at radius 2 is 0.907 bits per heavy atom. The van der Waals surface area contributed by atoms with Gasteiger partial charge in [0.1, 0.15) is 18.2 Å². The summed E-state index contributed by atoms with van der Waals surface area (Å²) >= 11 is 0. The van der Waals surface area contributed by atoms with Gasteiger partial charge in [0, 0.05) is 93.9 Å². The SMILES string of the molecule is COCCCOc1cc(C[C@@H](C[C@H](N)[C@@H](O)C[C@H](C(=O)CCC(C)(C)C(N)=O)C(C)C)C(C)C)ccc1OC.COCCCOc1cc(C[C@@H](C[C@H](N)[C@@H](O)C[C@H](C(=O)CCC(C)(C)C(N)=O)C(C)C)C(C)C)ccc1OC.O=C(O)/C=C/COO. The quantitative estimate of drug-likeness (QED) is 0.0133. The van der Waals surface area contributed by atoms with Crippen molar-refractivity contribution in [2.24, 2.45) is 81.1 Å². The number of Topliss-reactive ketones (excluding diaryl/α,β-unsaturated/α-hetero) is 2. The Morgan fingerprint density at radius 3 is 1.19 bits per heavy atom. The van der Waals surface area contributed by atoms with Gasteiger partial charge in [0.15, 0.2) is 23.0 Å².